The van der Waals surface area contributed by atoms with Crippen molar-refractivity contribution in [3.05, 3.63) is 65.0 Å². The molecule has 1 aliphatic heterocycles. The highest BCUT2D eigenvalue weighted by Gasteiger charge is 2.14. The minimum Gasteiger partial charge on any atom is -0.492 e. The van der Waals surface area contributed by atoms with Gasteiger partial charge in [-0.25, -0.2) is 9.98 Å². The number of aromatic amines is 1. The predicted octanol–water partition coefficient (Wildman–Crippen LogP) is 4.53. The van der Waals surface area contributed by atoms with E-state index in [4.69, 9.17) is 0 Å². The van der Waals surface area contributed by atoms with Crippen molar-refractivity contribution in [3.63, 3.8) is 0 Å². The van der Waals surface area contributed by atoms with Gasteiger partial charge in [-0.1, -0.05) is 29.8 Å². The lowest BCUT2D eigenvalue weighted by Crippen LogP contribution is -2.00. The van der Waals surface area contributed by atoms with Gasteiger partial charge in [-0.15, -0.1) is 24.8 Å². The van der Waals surface area contributed by atoms with Gasteiger partial charge in [0.1, 0.15) is 5.69 Å². The Morgan fingerprint density at radius 1 is 1.15 bits per heavy atom. The van der Waals surface area contributed by atoms with E-state index < -0.39 is 0 Å². The Morgan fingerprint density at radius 2 is 1.93 bits per heavy atom. The van der Waals surface area contributed by atoms with Crippen LogP contribution >= 0.6 is 24.8 Å². The molecule has 4 rings (SSSR count). The minimum absolute atomic E-state index is 0. The number of nitrogens with one attached hydrogen (secondary N) is 2. The van der Waals surface area contributed by atoms with E-state index in [2.05, 4.69) is 56.5 Å². The SMILES string of the molecule is Cc1ccc(CNc2nc(O)c(C=C3C=Nc4ncccc43)[nH]2)cc1.Cl.Cl. The molecule has 0 radical (unpaired) electrons. The fourth-order valence-electron chi connectivity index (χ4n) is 2.65. The van der Waals surface area contributed by atoms with Crippen molar-refractivity contribution in [1.29, 1.82) is 0 Å². The summed E-state index contributed by atoms with van der Waals surface area (Å²) in [6, 6.07) is 12.1. The number of benzene rings is 1. The van der Waals surface area contributed by atoms with Crippen LogP contribution in [0, 0.1) is 6.92 Å². The first-order chi connectivity index (χ1) is 12.2. The van der Waals surface area contributed by atoms with E-state index in [1.807, 2.05) is 18.2 Å². The summed E-state index contributed by atoms with van der Waals surface area (Å²) in [4.78, 5) is 15.7. The zero-order valence-electron chi connectivity index (χ0n) is 14.5. The Labute approximate surface area is 169 Å². The number of aliphatic imine (C=N–C) groups is 1. The lowest BCUT2D eigenvalue weighted by Gasteiger charge is -2.03. The maximum absolute atomic E-state index is 10.1. The summed E-state index contributed by atoms with van der Waals surface area (Å²) in [7, 11) is 0. The molecule has 3 aromatic rings. The average Bonchev–Trinajstić information content (AvgIpc) is 3.19. The highest BCUT2D eigenvalue weighted by atomic mass is 35.5. The molecule has 3 N–H and O–H groups in total. The highest BCUT2D eigenvalue weighted by molar-refractivity contribution is 6.20. The van der Waals surface area contributed by atoms with Crippen molar-refractivity contribution in [2.75, 3.05) is 5.32 Å². The van der Waals surface area contributed by atoms with Crippen LogP contribution in [0.1, 0.15) is 22.4 Å². The van der Waals surface area contributed by atoms with Crippen molar-refractivity contribution in [1.82, 2.24) is 15.0 Å². The monoisotopic (exact) mass is 403 g/mol. The molecule has 1 aliphatic rings. The lowest BCUT2D eigenvalue weighted by atomic mass is 10.1. The molecule has 2 aromatic heterocycles. The number of anilines is 1. The number of H-pyrrole nitrogens is 1. The Morgan fingerprint density at radius 3 is 2.70 bits per heavy atom. The molecule has 0 saturated heterocycles. The first-order valence-electron chi connectivity index (χ1n) is 7.98. The molecule has 1 aromatic carbocycles. The van der Waals surface area contributed by atoms with Crippen LogP contribution in [-0.4, -0.2) is 26.3 Å². The quantitative estimate of drug-likeness (QED) is 0.596. The number of aryl methyl sites for hydroxylation is 1. The normalized spacial score (nSPS) is 13.0. The molecular weight excluding hydrogens is 385 g/mol. The van der Waals surface area contributed by atoms with Gasteiger partial charge < -0.3 is 15.4 Å². The van der Waals surface area contributed by atoms with E-state index >= 15 is 0 Å². The van der Waals surface area contributed by atoms with Gasteiger partial charge in [0.25, 0.3) is 0 Å². The highest BCUT2D eigenvalue weighted by Crippen LogP contribution is 2.31. The molecule has 0 saturated carbocycles. The van der Waals surface area contributed by atoms with E-state index in [1.54, 1.807) is 12.4 Å². The van der Waals surface area contributed by atoms with Crippen molar-refractivity contribution in [2.45, 2.75) is 13.5 Å². The van der Waals surface area contributed by atoms with Gasteiger partial charge in [-0.2, -0.15) is 4.98 Å². The third kappa shape index (κ3) is 4.48. The largest absolute Gasteiger partial charge is 0.492 e. The van der Waals surface area contributed by atoms with E-state index in [9.17, 15) is 5.11 Å². The fraction of sp³-hybridized carbons (Fsp3) is 0.105. The van der Waals surface area contributed by atoms with E-state index in [-0.39, 0.29) is 30.7 Å². The van der Waals surface area contributed by atoms with Gasteiger partial charge in [0.2, 0.25) is 11.8 Å². The summed E-state index contributed by atoms with van der Waals surface area (Å²) in [5.74, 6) is 1.15. The summed E-state index contributed by atoms with van der Waals surface area (Å²) in [5.41, 5.74) is 4.72. The summed E-state index contributed by atoms with van der Waals surface area (Å²) >= 11 is 0. The second-order valence-corrected chi connectivity index (χ2v) is 5.89. The summed E-state index contributed by atoms with van der Waals surface area (Å²) in [6.07, 6.45) is 5.26. The molecule has 0 bridgehead atoms. The number of aromatic hydroxyl groups is 1. The topological polar surface area (TPSA) is 86.2 Å². The number of halogens is 2. The number of hydrogen-bond donors (Lipinski definition) is 3. The number of aromatic nitrogens is 3. The summed E-state index contributed by atoms with van der Waals surface area (Å²) in [5, 5.41) is 13.3. The van der Waals surface area contributed by atoms with Crippen LogP contribution in [0.5, 0.6) is 5.88 Å². The smallest absolute Gasteiger partial charge is 0.238 e. The van der Waals surface area contributed by atoms with Gasteiger partial charge >= 0.3 is 0 Å². The Hall–Kier alpha value is -2.83. The van der Waals surface area contributed by atoms with Crippen molar-refractivity contribution < 1.29 is 5.11 Å². The Bertz CT molecular complexity index is 980. The van der Waals surface area contributed by atoms with Gasteiger partial charge in [-0.3, -0.25) is 0 Å². The first kappa shape index (κ1) is 20.5. The van der Waals surface area contributed by atoms with E-state index in [0.29, 0.717) is 24.0 Å². The maximum Gasteiger partial charge on any atom is 0.238 e. The van der Waals surface area contributed by atoms with Crippen LogP contribution in [0.2, 0.25) is 0 Å². The molecule has 8 heteroatoms. The molecule has 0 aliphatic carbocycles. The maximum atomic E-state index is 10.1. The molecule has 0 atom stereocenters. The van der Waals surface area contributed by atoms with Crippen LogP contribution in [-0.2, 0) is 6.54 Å². The van der Waals surface area contributed by atoms with Crippen molar-refractivity contribution >= 4 is 54.4 Å². The van der Waals surface area contributed by atoms with Crippen LogP contribution in [0.15, 0.2) is 47.6 Å². The molecule has 6 nitrogen and oxygen atoms in total. The van der Waals surface area contributed by atoms with E-state index in [1.165, 1.54) is 5.56 Å². The minimum atomic E-state index is -0.0513. The number of pyridine rings is 1. The fourth-order valence-corrected chi connectivity index (χ4v) is 2.65. The molecule has 0 spiro atoms. The Balaban J connectivity index is 0.00000131. The summed E-state index contributed by atoms with van der Waals surface area (Å²) in [6.45, 7) is 2.68. The molecule has 0 amide bonds. The second-order valence-electron chi connectivity index (χ2n) is 5.89. The Kier molecular flexibility index (Phi) is 6.60. The van der Waals surface area contributed by atoms with E-state index in [0.717, 1.165) is 16.7 Å². The molecular formula is C19H19Cl2N5O. The number of allylic oxidation sites excluding steroid dienone is 1. The summed E-state index contributed by atoms with van der Waals surface area (Å²) < 4.78 is 0. The standard InChI is InChI=1S/C19H17N5O.2ClH/c1-12-4-6-13(7-5-12)10-22-19-23-16(18(25)24-19)9-14-11-21-17-15(14)3-2-8-20-17;;/h2-9,11,25H,10H2,1H3,(H2,22,23,24);2*1H. The number of fused-ring (bicyclic) bond motifs is 1. The third-order valence-corrected chi connectivity index (χ3v) is 4.02. The van der Waals surface area contributed by atoms with Gasteiger partial charge in [-0.05, 0) is 30.7 Å². The van der Waals surface area contributed by atoms with Gasteiger partial charge in [0, 0.05) is 30.1 Å². The number of hydrogen-bond acceptors (Lipinski definition) is 5. The molecule has 27 heavy (non-hydrogen) atoms. The number of rotatable bonds is 4. The predicted molar refractivity (Wildman–Crippen MR) is 114 cm³/mol. The van der Waals surface area contributed by atoms with Crippen molar-refractivity contribution in [3.8, 4) is 5.88 Å². The van der Waals surface area contributed by atoms with Gasteiger partial charge in [0.05, 0.1) is 0 Å². The average molecular weight is 404 g/mol. The first-order valence-corrected chi connectivity index (χ1v) is 7.98. The van der Waals surface area contributed by atoms with Crippen molar-refractivity contribution in [2.24, 2.45) is 4.99 Å². The lowest BCUT2D eigenvalue weighted by molar-refractivity contribution is 0.455. The zero-order chi connectivity index (χ0) is 17.2. The van der Waals surface area contributed by atoms with Crippen LogP contribution < -0.4 is 5.32 Å². The van der Waals surface area contributed by atoms with Crippen LogP contribution in [0.3, 0.4) is 0 Å². The van der Waals surface area contributed by atoms with Crippen LogP contribution in [0.4, 0.5) is 11.8 Å². The third-order valence-electron chi connectivity index (χ3n) is 4.02. The molecule has 0 fully saturated rings. The van der Waals surface area contributed by atoms with Gasteiger partial charge in [0.15, 0.2) is 5.82 Å². The molecule has 140 valence electrons. The second kappa shape index (κ2) is 8.70. The zero-order valence-corrected chi connectivity index (χ0v) is 16.1. The number of nitrogens with zero attached hydrogens (tertiary/aromatic N) is 3. The number of imidazole rings is 1. The molecule has 3 heterocycles. The van der Waals surface area contributed by atoms with Crippen LogP contribution in [0.25, 0.3) is 11.6 Å². The molecule has 0 unspecified atom stereocenters.